The molecule has 2 N–H and O–H groups in total. The number of nitrogens with zero attached hydrogens (tertiary/aromatic N) is 2. The first-order valence-corrected chi connectivity index (χ1v) is 6.55. The second-order valence-electron chi connectivity index (χ2n) is 5.04. The van der Waals surface area contributed by atoms with Crippen molar-refractivity contribution in [3.63, 3.8) is 0 Å². The number of anilines is 1. The van der Waals surface area contributed by atoms with E-state index in [2.05, 4.69) is 28.2 Å². The zero-order valence-corrected chi connectivity index (χ0v) is 11.5. The van der Waals surface area contributed by atoms with Gasteiger partial charge in [-0.2, -0.15) is 0 Å². The van der Waals surface area contributed by atoms with Crippen LogP contribution in [0.15, 0.2) is 18.2 Å². The van der Waals surface area contributed by atoms with Crippen molar-refractivity contribution in [2.24, 2.45) is 0 Å². The lowest BCUT2D eigenvalue weighted by Gasteiger charge is -2.34. The highest BCUT2D eigenvalue weighted by molar-refractivity contribution is 5.54. The predicted molar refractivity (Wildman–Crippen MR) is 75.3 cm³/mol. The highest BCUT2D eigenvalue weighted by Gasteiger charge is 2.16. The number of piperazine rings is 1. The van der Waals surface area contributed by atoms with E-state index in [9.17, 15) is 5.11 Å². The van der Waals surface area contributed by atoms with E-state index in [0.29, 0.717) is 5.75 Å². The third-order valence-corrected chi connectivity index (χ3v) is 3.78. The minimum Gasteiger partial charge on any atom is -0.508 e. The molecule has 0 aromatic heterocycles. The Morgan fingerprint density at radius 2 is 1.89 bits per heavy atom. The average molecular weight is 249 g/mol. The average Bonchev–Trinajstić information content (AvgIpc) is 2.38. The van der Waals surface area contributed by atoms with Crippen LogP contribution < -0.4 is 10.2 Å². The van der Waals surface area contributed by atoms with Crippen molar-refractivity contribution in [2.75, 3.05) is 45.2 Å². The van der Waals surface area contributed by atoms with Crippen LogP contribution in [0.3, 0.4) is 0 Å². The summed E-state index contributed by atoms with van der Waals surface area (Å²) in [5, 5.41) is 13.2. The third kappa shape index (κ3) is 2.76. The summed E-state index contributed by atoms with van der Waals surface area (Å²) in [7, 11) is 4.05. The molecule has 4 nitrogen and oxygen atoms in total. The summed E-state index contributed by atoms with van der Waals surface area (Å²) < 4.78 is 0. The Hall–Kier alpha value is -1.26. The first-order valence-electron chi connectivity index (χ1n) is 6.55. The molecule has 2 rings (SSSR count). The van der Waals surface area contributed by atoms with Gasteiger partial charge in [-0.3, -0.25) is 0 Å². The number of hydrogen-bond donors (Lipinski definition) is 2. The van der Waals surface area contributed by atoms with E-state index >= 15 is 0 Å². The maximum atomic E-state index is 10.1. The van der Waals surface area contributed by atoms with Gasteiger partial charge in [0.1, 0.15) is 5.75 Å². The molecule has 1 unspecified atom stereocenters. The molecule has 0 aliphatic carbocycles. The van der Waals surface area contributed by atoms with Gasteiger partial charge in [-0.15, -0.1) is 0 Å². The van der Waals surface area contributed by atoms with Gasteiger partial charge >= 0.3 is 0 Å². The number of hydrogen-bond acceptors (Lipinski definition) is 4. The van der Waals surface area contributed by atoms with Crippen molar-refractivity contribution in [3.05, 3.63) is 23.8 Å². The van der Waals surface area contributed by atoms with Gasteiger partial charge < -0.3 is 20.2 Å². The topological polar surface area (TPSA) is 38.7 Å². The summed E-state index contributed by atoms with van der Waals surface area (Å²) in [6.07, 6.45) is 0. The van der Waals surface area contributed by atoms with Crippen molar-refractivity contribution in [1.82, 2.24) is 10.2 Å². The summed E-state index contributed by atoms with van der Waals surface area (Å²) in [5.74, 6) is 0.383. The lowest BCUT2D eigenvalue weighted by atomic mass is 10.1. The summed E-state index contributed by atoms with van der Waals surface area (Å²) in [6.45, 7) is 6.25. The minimum atomic E-state index is 0.173. The van der Waals surface area contributed by atoms with Gasteiger partial charge in [-0.25, -0.2) is 0 Å². The van der Waals surface area contributed by atoms with Crippen LogP contribution in [0.4, 0.5) is 5.69 Å². The summed E-state index contributed by atoms with van der Waals surface area (Å²) in [5.41, 5.74) is 2.07. The highest BCUT2D eigenvalue weighted by Crippen LogP contribution is 2.29. The fourth-order valence-electron chi connectivity index (χ4n) is 2.32. The van der Waals surface area contributed by atoms with Gasteiger partial charge in [0.25, 0.3) is 0 Å². The van der Waals surface area contributed by atoms with Gasteiger partial charge in [-0.1, -0.05) is 6.07 Å². The fourth-order valence-corrected chi connectivity index (χ4v) is 2.32. The molecule has 1 fully saturated rings. The van der Waals surface area contributed by atoms with E-state index in [1.54, 1.807) is 0 Å². The SMILES string of the molecule is CNC(C)c1ccc(N2CCN(C)CC2)cc1O. The zero-order chi connectivity index (χ0) is 13.1. The molecule has 0 amide bonds. The molecule has 1 aromatic rings. The van der Waals surface area contributed by atoms with E-state index in [0.717, 1.165) is 37.4 Å². The van der Waals surface area contributed by atoms with Crippen LogP contribution in [0.25, 0.3) is 0 Å². The van der Waals surface area contributed by atoms with Crippen LogP contribution in [0.5, 0.6) is 5.75 Å². The monoisotopic (exact) mass is 249 g/mol. The third-order valence-electron chi connectivity index (χ3n) is 3.78. The molecule has 4 heteroatoms. The molecule has 18 heavy (non-hydrogen) atoms. The van der Waals surface area contributed by atoms with E-state index in [-0.39, 0.29) is 6.04 Å². The number of rotatable bonds is 3. The van der Waals surface area contributed by atoms with E-state index in [1.807, 2.05) is 26.1 Å². The molecule has 0 saturated carbocycles. The molecule has 1 saturated heterocycles. The normalized spacial score (nSPS) is 18.9. The molecular weight excluding hydrogens is 226 g/mol. The van der Waals surface area contributed by atoms with Crippen LogP contribution in [0.1, 0.15) is 18.5 Å². The quantitative estimate of drug-likeness (QED) is 0.850. The van der Waals surface area contributed by atoms with Crippen LogP contribution >= 0.6 is 0 Å². The molecule has 1 heterocycles. The van der Waals surface area contributed by atoms with Gasteiger partial charge in [0.05, 0.1) is 0 Å². The van der Waals surface area contributed by atoms with Crippen molar-refractivity contribution < 1.29 is 5.11 Å². The van der Waals surface area contributed by atoms with Crippen LogP contribution in [-0.4, -0.2) is 50.3 Å². The largest absolute Gasteiger partial charge is 0.508 e. The summed E-state index contributed by atoms with van der Waals surface area (Å²) in [4.78, 5) is 4.65. The zero-order valence-electron chi connectivity index (χ0n) is 11.5. The highest BCUT2D eigenvalue weighted by atomic mass is 16.3. The molecule has 1 aliphatic rings. The fraction of sp³-hybridized carbons (Fsp3) is 0.571. The lowest BCUT2D eigenvalue weighted by Crippen LogP contribution is -2.44. The molecule has 1 aromatic carbocycles. The van der Waals surface area contributed by atoms with Gasteiger partial charge in [-0.05, 0) is 27.1 Å². The maximum absolute atomic E-state index is 10.1. The minimum absolute atomic E-state index is 0.173. The number of aromatic hydroxyl groups is 1. The van der Waals surface area contributed by atoms with Gasteiger partial charge in [0.2, 0.25) is 0 Å². The summed E-state index contributed by atoms with van der Waals surface area (Å²) >= 11 is 0. The van der Waals surface area contributed by atoms with Crippen molar-refractivity contribution in [3.8, 4) is 5.75 Å². The first-order chi connectivity index (χ1) is 8.61. The van der Waals surface area contributed by atoms with Crippen LogP contribution in [0, 0.1) is 0 Å². The molecule has 1 atom stereocenters. The first kappa shape index (κ1) is 13.2. The Labute approximate surface area is 109 Å². The van der Waals surface area contributed by atoms with Crippen molar-refractivity contribution in [2.45, 2.75) is 13.0 Å². The van der Waals surface area contributed by atoms with Crippen LogP contribution in [-0.2, 0) is 0 Å². The second-order valence-corrected chi connectivity index (χ2v) is 5.04. The van der Waals surface area contributed by atoms with E-state index in [1.165, 1.54) is 0 Å². The van der Waals surface area contributed by atoms with Gasteiger partial charge in [0, 0.05) is 49.5 Å². The Morgan fingerprint density at radius 3 is 2.44 bits per heavy atom. The smallest absolute Gasteiger partial charge is 0.122 e. The van der Waals surface area contributed by atoms with Crippen molar-refractivity contribution in [1.29, 1.82) is 0 Å². The Morgan fingerprint density at radius 1 is 1.22 bits per heavy atom. The molecule has 0 spiro atoms. The molecular formula is C14H23N3O. The molecule has 100 valence electrons. The number of phenolic OH excluding ortho intramolecular Hbond substituents is 1. The number of likely N-dealkylation sites (N-methyl/N-ethyl adjacent to an activating group) is 1. The Balaban J connectivity index is 2.13. The molecule has 1 aliphatic heterocycles. The molecule has 0 radical (unpaired) electrons. The van der Waals surface area contributed by atoms with Crippen molar-refractivity contribution >= 4 is 5.69 Å². The lowest BCUT2D eigenvalue weighted by molar-refractivity contribution is 0.312. The van der Waals surface area contributed by atoms with Gasteiger partial charge in [0.15, 0.2) is 0 Å². The van der Waals surface area contributed by atoms with Crippen LogP contribution in [0.2, 0.25) is 0 Å². The summed E-state index contributed by atoms with van der Waals surface area (Å²) in [6, 6.07) is 6.18. The Bertz CT molecular complexity index is 400. The second kappa shape index (κ2) is 5.59. The predicted octanol–water partition coefficient (Wildman–Crippen LogP) is 1.42. The number of nitrogens with one attached hydrogen (secondary N) is 1. The molecule has 0 bridgehead atoms. The number of benzene rings is 1. The number of phenols is 1. The Kier molecular flexibility index (Phi) is 4.09. The van der Waals surface area contributed by atoms with E-state index < -0.39 is 0 Å². The maximum Gasteiger partial charge on any atom is 0.122 e. The standard InChI is InChI=1S/C14H23N3O/c1-11(15-2)13-5-4-12(10-14(13)18)17-8-6-16(3)7-9-17/h4-5,10-11,15,18H,6-9H2,1-3H3. The van der Waals surface area contributed by atoms with E-state index in [4.69, 9.17) is 0 Å².